The first-order chi connectivity index (χ1) is 7.33. The van der Waals surface area contributed by atoms with Crippen molar-refractivity contribution in [3.8, 4) is 0 Å². The standard InChI is InChI=1S/C10H11N5/c11-9-5-6-15(14-9)10-12-7-3-1-2-4-8(7)13-10/h1-4H,5-6H2,(H2,11,14)(H,12,13). The van der Waals surface area contributed by atoms with Gasteiger partial charge in [-0.2, -0.15) is 5.10 Å². The fourth-order valence-corrected chi connectivity index (χ4v) is 1.69. The summed E-state index contributed by atoms with van der Waals surface area (Å²) >= 11 is 0. The van der Waals surface area contributed by atoms with Crippen LogP contribution in [0, 0.1) is 0 Å². The first-order valence-electron chi connectivity index (χ1n) is 4.88. The number of imidazole rings is 1. The van der Waals surface area contributed by atoms with Crippen LogP contribution in [0.2, 0.25) is 0 Å². The molecule has 0 amide bonds. The Bertz CT molecular complexity index is 494. The number of hydrogen-bond acceptors (Lipinski definition) is 4. The molecule has 1 aromatic heterocycles. The van der Waals surface area contributed by atoms with Crippen LogP contribution in [0.4, 0.5) is 5.95 Å². The Hall–Kier alpha value is -2.04. The summed E-state index contributed by atoms with van der Waals surface area (Å²) in [5, 5.41) is 5.99. The van der Waals surface area contributed by atoms with E-state index in [1.54, 1.807) is 5.01 Å². The second-order valence-corrected chi connectivity index (χ2v) is 3.54. The molecule has 76 valence electrons. The molecule has 1 aromatic carbocycles. The van der Waals surface area contributed by atoms with E-state index < -0.39 is 0 Å². The Morgan fingerprint density at radius 2 is 2.20 bits per heavy atom. The molecule has 0 atom stereocenters. The van der Waals surface area contributed by atoms with Gasteiger partial charge in [-0.05, 0) is 12.1 Å². The molecule has 3 N–H and O–H groups in total. The third-order valence-electron chi connectivity index (χ3n) is 2.45. The molecule has 5 heteroatoms. The van der Waals surface area contributed by atoms with Crippen LogP contribution in [0.15, 0.2) is 29.4 Å². The quantitative estimate of drug-likeness (QED) is 0.724. The number of benzene rings is 1. The first kappa shape index (κ1) is 8.28. The van der Waals surface area contributed by atoms with E-state index >= 15 is 0 Å². The summed E-state index contributed by atoms with van der Waals surface area (Å²) in [6.45, 7) is 0.797. The highest BCUT2D eigenvalue weighted by Gasteiger charge is 2.16. The highest BCUT2D eigenvalue weighted by Crippen LogP contribution is 2.19. The molecule has 2 aromatic rings. The topological polar surface area (TPSA) is 70.3 Å². The number of hydrazone groups is 1. The number of aromatic amines is 1. The summed E-state index contributed by atoms with van der Waals surface area (Å²) in [6, 6.07) is 7.91. The van der Waals surface area contributed by atoms with Crippen molar-refractivity contribution in [3.63, 3.8) is 0 Å². The van der Waals surface area contributed by atoms with Gasteiger partial charge < -0.3 is 10.7 Å². The van der Waals surface area contributed by atoms with E-state index in [9.17, 15) is 0 Å². The van der Waals surface area contributed by atoms with Crippen molar-refractivity contribution in [1.29, 1.82) is 0 Å². The molecule has 0 saturated carbocycles. The molecule has 0 spiro atoms. The van der Waals surface area contributed by atoms with E-state index in [4.69, 9.17) is 5.73 Å². The number of amidine groups is 1. The van der Waals surface area contributed by atoms with Gasteiger partial charge in [-0.1, -0.05) is 12.1 Å². The van der Waals surface area contributed by atoms with Gasteiger partial charge >= 0.3 is 0 Å². The Kier molecular flexibility index (Phi) is 1.65. The molecule has 2 heterocycles. The monoisotopic (exact) mass is 201 g/mol. The third kappa shape index (κ3) is 1.32. The van der Waals surface area contributed by atoms with Crippen LogP contribution in [0.1, 0.15) is 6.42 Å². The average molecular weight is 201 g/mol. The summed E-state index contributed by atoms with van der Waals surface area (Å²) in [5.41, 5.74) is 7.60. The summed E-state index contributed by atoms with van der Waals surface area (Å²) in [4.78, 5) is 7.65. The first-order valence-corrected chi connectivity index (χ1v) is 4.88. The zero-order chi connectivity index (χ0) is 10.3. The predicted octanol–water partition coefficient (Wildman–Crippen LogP) is 1.05. The smallest absolute Gasteiger partial charge is 0.224 e. The molecule has 1 aliphatic heterocycles. The number of nitrogens with one attached hydrogen (secondary N) is 1. The molecular formula is C10H11N5. The van der Waals surface area contributed by atoms with Gasteiger partial charge in [0.25, 0.3) is 0 Å². The lowest BCUT2D eigenvalue weighted by molar-refractivity contribution is 0.883. The van der Waals surface area contributed by atoms with Gasteiger partial charge in [-0.15, -0.1) is 0 Å². The van der Waals surface area contributed by atoms with Crippen molar-refractivity contribution in [2.45, 2.75) is 6.42 Å². The molecule has 0 aliphatic carbocycles. The zero-order valence-corrected chi connectivity index (χ0v) is 8.14. The number of hydrogen-bond donors (Lipinski definition) is 2. The predicted molar refractivity (Wildman–Crippen MR) is 59.7 cm³/mol. The van der Waals surface area contributed by atoms with E-state index in [-0.39, 0.29) is 0 Å². The minimum absolute atomic E-state index is 0.662. The van der Waals surface area contributed by atoms with Crippen molar-refractivity contribution in [2.75, 3.05) is 11.6 Å². The second kappa shape index (κ2) is 2.98. The number of anilines is 1. The van der Waals surface area contributed by atoms with E-state index in [2.05, 4.69) is 15.1 Å². The Morgan fingerprint density at radius 3 is 2.93 bits per heavy atom. The molecule has 15 heavy (non-hydrogen) atoms. The summed E-state index contributed by atoms with van der Waals surface area (Å²) in [5.74, 6) is 1.42. The van der Waals surface area contributed by atoms with E-state index in [1.807, 2.05) is 24.3 Å². The number of fused-ring (bicyclic) bond motifs is 1. The van der Waals surface area contributed by atoms with Gasteiger partial charge in [-0.3, -0.25) is 0 Å². The lowest BCUT2D eigenvalue weighted by Gasteiger charge is -2.07. The second-order valence-electron chi connectivity index (χ2n) is 3.54. The Balaban J connectivity index is 2.05. The number of H-pyrrole nitrogens is 1. The third-order valence-corrected chi connectivity index (χ3v) is 2.45. The normalized spacial score (nSPS) is 16.0. The molecule has 1 aliphatic rings. The van der Waals surface area contributed by atoms with Crippen molar-refractivity contribution in [2.24, 2.45) is 10.8 Å². The number of rotatable bonds is 1. The number of nitrogens with zero attached hydrogens (tertiary/aromatic N) is 3. The van der Waals surface area contributed by atoms with Crippen molar-refractivity contribution in [3.05, 3.63) is 24.3 Å². The minimum atomic E-state index is 0.662. The zero-order valence-electron chi connectivity index (χ0n) is 8.14. The molecule has 0 fully saturated rings. The van der Waals surface area contributed by atoms with Crippen molar-refractivity contribution in [1.82, 2.24) is 9.97 Å². The van der Waals surface area contributed by atoms with Gasteiger partial charge in [0.05, 0.1) is 17.6 Å². The van der Waals surface area contributed by atoms with E-state index in [0.29, 0.717) is 5.84 Å². The largest absolute Gasteiger partial charge is 0.386 e. The summed E-state index contributed by atoms with van der Waals surface area (Å²) in [7, 11) is 0. The summed E-state index contributed by atoms with van der Waals surface area (Å²) < 4.78 is 0. The van der Waals surface area contributed by atoms with Crippen LogP contribution in [-0.4, -0.2) is 22.3 Å². The molecule has 0 radical (unpaired) electrons. The van der Waals surface area contributed by atoms with Crippen LogP contribution >= 0.6 is 0 Å². The van der Waals surface area contributed by atoms with Crippen LogP contribution in [0.25, 0.3) is 11.0 Å². The fraction of sp³-hybridized carbons (Fsp3) is 0.200. The van der Waals surface area contributed by atoms with E-state index in [1.165, 1.54) is 0 Å². The highest BCUT2D eigenvalue weighted by molar-refractivity contribution is 5.84. The number of aromatic nitrogens is 2. The minimum Gasteiger partial charge on any atom is -0.386 e. The SMILES string of the molecule is NC1=NN(c2nc3ccccc3[nH]2)CC1. The Morgan fingerprint density at radius 1 is 1.33 bits per heavy atom. The maximum atomic E-state index is 5.62. The molecule has 0 bridgehead atoms. The van der Waals surface area contributed by atoms with Gasteiger partial charge in [0.15, 0.2) is 0 Å². The molecule has 3 rings (SSSR count). The number of nitrogens with two attached hydrogens (primary N) is 1. The fourth-order valence-electron chi connectivity index (χ4n) is 1.69. The van der Waals surface area contributed by atoms with Crippen molar-refractivity contribution < 1.29 is 0 Å². The molecule has 0 unspecified atom stereocenters. The lowest BCUT2D eigenvalue weighted by Crippen LogP contribution is -2.13. The van der Waals surface area contributed by atoms with Gasteiger partial charge in [-0.25, -0.2) is 9.99 Å². The van der Waals surface area contributed by atoms with E-state index in [0.717, 1.165) is 29.9 Å². The molecule has 5 nitrogen and oxygen atoms in total. The lowest BCUT2D eigenvalue weighted by atomic mass is 10.3. The maximum Gasteiger partial charge on any atom is 0.224 e. The van der Waals surface area contributed by atoms with Crippen LogP contribution in [-0.2, 0) is 0 Å². The molecular weight excluding hydrogens is 190 g/mol. The average Bonchev–Trinajstić information content (AvgIpc) is 2.82. The van der Waals surface area contributed by atoms with Gasteiger partial charge in [0.2, 0.25) is 5.95 Å². The van der Waals surface area contributed by atoms with Gasteiger partial charge in [0.1, 0.15) is 5.84 Å². The van der Waals surface area contributed by atoms with Crippen LogP contribution in [0.5, 0.6) is 0 Å². The van der Waals surface area contributed by atoms with Gasteiger partial charge in [0, 0.05) is 6.42 Å². The maximum absolute atomic E-state index is 5.62. The Labute approximate surface area is 86.6 Å². The van der Waals surface area contributed by atoms with Crippen molar-refractivity contribution >= 4 is 22.8 Å². The highest BCUT2D eigenvalue weighted by atomic mass is 15.5. The van der Waals surface area contributed by atoms with Crippen LogP contribution in [0.3, 0.4) is 0 Å². The van der Waals surface area contributed by atoms with Crippen LogP contribution < -0.4 is 10.7 Å². The number of para-hydroxylation sites is 2. The summed E-state index contributed by atoms with van der Waals surface area (Å²) in [6.07, 6.45) is 0.803. The molecule has 0 saturated heterocycles.